The monoisotopic (exact) mass is 370 g/mol. The highest BCUT2D eigenvalue weighted by molar-refractivity contribution is 4.78. The minimum atomic E-state index is -0.103. The van der Waals surface area contributed by atoms with Gasteiger partial charge in [-0.2, -0.15) is 0 Å². The van der Waals surface area contributed by atoms with Crippen LogP contribution in [0.1, 0.15) is 85.0 Å². The lowest BCUT2D eigenvalue weighted by molar-refractivity contribution is -0.229. The highest BCUT2D eigenvalue weighted by atomic mass is 16.7. The van der Waals surface area contributed by atoms with Gasteiger partial charge >= 0.3 is 0 Å². The fourth-order valence-electron chi connectivity index (χ4n) is 3.75. The number of unbranched alkanes of at least 4 members (excludes halogenated alkanes) is 6. The van der Waals surface area contributed by atoms with Crippen molar-refractivity contribution < 1.29 is 18.9 Å². The molecule has 4 unspecified atom stereocenters. The van der Waals surface area contributed by atoms with Crippen molar-refractivity contribution in [2.75, 3.05) is 26.4 Å². The van der Waals surface area contributed by atoms with Crippen LogP contribution in [0.15, 0.2) is 0 Å². The lowest BCUT2D eigenvalue weighted by atomic mass is 9.96. The first-order chi connectivity index (χ1) is 12.8. The topological polar surface area (TPSA) is 36.9 Å². The molecule has 26 heavy (non-hydrogen) atoms. The quantitative estimate of drug-likeness (QED) is 0.271. The fraction of sp³-hybridized carbons (Fsp3) is 1.00. The Balaban J connectivity index is 1.62. The zero-order valence-electron chi connectivity index (χ0n) is 17.4. The van der Waals surface area contributed by atoms with Crippen molar-refractivity contribution in [3.05, 3.63) is 0 Å². The molecule has 0 aromatic heterocycles. The van der Waals surface area contributed by atoms with E-state index in [0.717, 1.165) is 19.6 Å². The average molecular weight is 371 g/mol. The first kappa shape index (κ1) is 22.1. The van der Waals surface area contributed by atoms with E-state index >= 15 is 0 Å². The molecule has 0 radical (unpaired) electrons. The fourth-order valence-corrected chi connectivity index (χ4v) is 3.75. The Morgan fingerprint density at radius 2 is 1.23 bits per heavy atom. The Hall–Kier alpha value is -0.160. The first-order valence-electron chi connectivity index (χ1n) is 11.2. The molecule has 2 aliphatic rings. The molecule has 0 aliphatic carbocycles. The molecule has 4 nitrogen and oxygen atoms in total. The van der Waals surface area contributed by atoms with E-state index in [-0.39, 0.29) is 18.5 Å². The summed E-state index contributed by atoms with van der Waals surface area (Å²) in [5.74, 6) is 1.32. The van der Waals surface area contributed by atoms with E-state index in [1.165, 1.54) is 57.8 Å². The molecule has 0 aromatic rings. The summed E-state index contributed by atoms with van der Waals surface area (Å²) in [6.45, 7) is 9.84. The van der Waals surface area contributed by atoms with Gasteiger partial charge in [0.2, 0.25) is 0 Å². The summed E-state index contributed by atoms with van der Waals surface area (Å²) in [5, 5.41) is 0. The molecule has 0 aromatic carbocycles. The number of hydrogen-bond acceptors (Lipinski definition) is 4. The summed E-state index contributed by atoms with van der Waals surface area (Å²) in [6, 6.07) is 0. The SMILES string of the molecule is CCCCCCCCCC(OCC1OCC1CC)OCC1OCC1CC. The van der Waals surface area contributed by atoms with E-state index in [9.17, 15) is 0 Å². The van der Waals surface area contributed by atoms with Crippen molar-refractivity contribution in [2.45, 2.75) is 103 Å². The number of ether oxygens (including phenoxy) is 4. The molecular formula is C22H42O4. The Labute approximate surface area is 161 Å². The van der Waals surface area contributed by atoms with E-state index in [2.05, 4.69) is 20.8 Å². The molecule has 4 atom stereocenters. The molecule has 2 fully saturated rings. The van der Waals surface area contributed by atoms with Gasteiger partial charge in [-0.3, -0.25) is 0 Å². The zero-order chi connectivity index (χ0) is 18.6. The summed E-state index contributed by atoms with van der Waals surface area (Å²) in [4.78, 5) is 0. The van der Waals surface area contributed by atoms with Crippen LogP contribution in [0.4, 0.5) is 0 Å². The van der Waals surface area contributed by atoms with Gasteiger partial charge in [-0.05, 0) is 25.7 Å². The van der Waals surface area contributed by atoms with Crippen molar-refractivity contribution >= 4 is 0 Å². The molecule has 2 saturated heterocycles. The highest BCUT2D eigenvalue weighted by Gasteiger charge is 2.33. The van der Waals surface area contributed by atoms with Gasteiger partial charge in [0.25, 0.3) is 0 Å². The van der Waals surface area contributed by atoms with E-state index in [0.29, 0.717) is 25.0 Å². The lowest BCUT2D eigenvalue weighted by Gasteiger charge is -2.38. The molecule has 0 spiro atoms. The van der Waals surface area contributed by atoms with Crippen LogP contribution in [0.3, 0.4) is 0 Å². The maximum absolute atomic E-state index is 6.11. The highest BCUT2D eigenvalue weighted by Crippen LogP contribution is 2.26. The summed E-state index contributed by atoms with van der Waals surface area (Å²) >= 11 is 0. The Kier molecular flexibility index (Phi) is 11.1. The van der Waals surface area contributed by atoms with Crippen LogP contribution in [0.2, 0.25) is 0 Å². The second-order valence-electron chi connectivity index (χ2n) is 8.09. The second kappa shape index (κ2) is 13.1. The van der Waals surface area contributed by atoms with E-state index in [1.54, 1.807) is 0 Å². The molecule has 0 N–H and O–H groups in total. The third kappa shape index (κ3) is 7.46. The van der Waals surface area contributed by atoms with Crippen LogP contribution in [0.25, 0.3) is 0 Å². The minimum absolute atomic E-state index is 0.103. The molecule has 154 valence electrons. The lowest BCUT2D eigenvalue weighted by Crippen LogP contribution is -2.45. The van der Waals surface area contributed by atoms with E-state index < -0.39 is 0 Å². The van der Waals surface area contributed by atoms with Crippen molar-refractivity contribution in [1.29, 1.82) is 0 Å². The molecule has 0 bridgehead atoms. The third-order valence-corrected chi connectivity index (χ3v) is 6.09. The van der Waals surface area contributed by atoms with Gasteiger partial charge in [0.1, 0.15) is 0 Å². The maximum atomic E-state index is 6.11. The van der Waals surface area contributed by atoms with Crippen LogP contribution in [0.5, 0.6) is 0 Å². The van der Waals surface area contributed by atoms with Gasteiger partial charge in [-0.1, -0.05) is 59.3 Å². The first-order valence-corrected chi connectivity index (χ1v) is 11.2. The van der Waals surface area contributed by atoms with Gasteiger partial charge < -0.3 is 18.9 Å². The van der Waals surface area contributed by atoms with Crippen molar-refractivity contribution in [3.63, 3.8) is 0 Å². The molecule has 2 rings (SSSR count). The third-order valence-electron chi connectivity index (χ3n) is 6.09. The van der Waals surface area contributed by atoms with Crippen molar-refractivity contribution in [1.82, 2.24) is 0 Å². The van der Waals surface area contributed by atoms with Crippen LogP contribution < -0.4 is 0 Å². The van der Waals surface area contributed by atoms with Crippen molar-refractivity contribution in [2.24, 2.45) is 11.8 Å². The van der Waals surface area contributed by atoms with Gasteiger partial charge in [-0.15, -0.1) is 0 Å². The summed E-state index contributed by atoms with van der Waals surface area (Å²) in [6.07, 6.45) is 13.0. The van der Waals surface area contributed by atoms with Crippen LogP contribution in [-0.2, 0) is 18.9 Å². The Morgan fingerprint density at radius 3 is 1.65 bits per heavy atom. The van der Waals surface area contributed by atoms with Crippen molar-refractivity contribution in [3.8, 4) is 0 Å². The Morgan fingerprint density at radius 1 is 0.731 bits per heavy atom. The predicted molar refractivity (Wildman–Crippen MR) is 105 cm³/mol. The van der Waals surface area contributed by atoms with Crippen LogP contribution >= 0.6 is 0 Å². The zero-order valence-corrected chi connectivity index (χ0v) is 17.4. The standard InChI is InChI=1S/C22H42O4/c1-4-7-8-9-10-11-12-13-22(25-16-20-18(5-2)14-23-20)26-17-21-19(6-3)15-24-21/h18-22H,4-17H2,1-3H3. The molecule has 2 aliphatic heterocycles. The van der Waals surface area contributed by atoms with Gasteiger partial charge in [0.05, 0.1) is 38.6 Å². The molecular weight excluding hydrogens is 328 g/mol. The maximum Gasteiger partial charge on any atom is 0.157 e. The smallest absolute Gasteiger partial charge is 0.157 e. The molecule has 2 heterocycles. The number of hydrogen-bond donors (Lipinski definition) is 0. The second-order valence-corrected chi connectivity index (χ2v) is 8.09. The van der Waals surface area contributed by atoms with Crippen LogP contribution in [-0.4, -0.2) is 44.9 Å². The number of rotatable bonds is 16. The Bertz CT molecular complexity index is 321. The summed E-state index contributed by atoms with van der Waals surface area (Å²) in [5.41, 5.74) is 0. The normalized spacial score (nSPS) is 29.2. The molecule has 4 heteroatoms. The summed E-state index contributed by atoms with van der Waals surface area (Å²) < 4.78 is 23.5. The van der Waals surface area contributed by atoms with E-state index in [4.69, 9.17) is 18.9 Å². The molecule has 0 saturated carbocycles. The van der Waals surface area contributed by atoms with Gasteiger partial charge in [-0.25, -0.2) is 0 Å². The largest absolute Gasteiger partial charge is 0.375 e. The minimum Gasteiger partial charge on any atom is -0.375 e. The van der Waals surface area contributed by atoms with Gasteiger partial charge in [0.15, 0.2) is 6.29 Å². The molecule has 0 amide bonds. The predicted octanol–water partition coefficient (Wildman–Crippen LogP) is 5.34. The average Bonchev–Trinajstić information content (AvgIpc) is 2.59. The summed E-state index contributed by atoms with van der Waals surface area (Å²) in [7, 11) is 0. The van der Waals surface area contributed by atoms with E-state index in [1.807, 2.05) is 0 Å². The van der Waals surface area contributed by atoms with Crippen LogP contribution in [0, 0.1) is 11.8 Å². The van der Waals surface area contributed by atoms with Gasteiger partial charge in [0, 0.05) is 11.8 Å².